The first-order valence-corrected chi connectivity index (χ1v) is 9.76. The number of aryl methyl sites for hydroxylation is 1. The van der Waals surface area contributed by atoms with Crippen LogP contribution in [-0.2, 0) is 13.5 Å². The summed E-state index contributed by atoms with van der Waals surface area (Å²) in [7, 11) is 3.87. The molecule has 2 fully saturated rings. The fourth-order valence-corrected chi connectivity index (χ4v) is 5.35. The van der Waals surface area contributed by atoms with Crippen molar-refractivity contribution in [1.82, 2.24) is 20.0 Å². The monoisotopic (exact) mass is 335 g/mol. The number of thioether (sulfide) groups is 1. The normalized spacial score (nSPS) is 21.7. The minimum Gasteiger partial charge on any atom is -0.356 e. The van der Waals surface area contributed by atoms with E-state index in [4.69, 9.17) is 0 Å². The standard InChI is InChI=1S/C17H29N5S/c1-18-16(19-9-6-15-12-20-21(2)13-15)22-10-11-23-17(14-22)7-4-3-5-8-17/h12-13H,3-11,14H2,1-2H3,(H,18,19). The van der Waals surface area contributed by atoms with Gasteiger partial charge in [-0.3, -0.25) is 9.67 Å². The molecule has 128 valence electrons. The van der Waals surface area contributed by atoms with E-state index in [-0.39, 0.29) is 0 Å². The van der Waals surface area contributed by atoms with Crippen LogP contribution in [0.4, 0.5) is 0 Å². The van der Waals surface area contributed by atoms with Crippen molar-refractivity contribution in [3.63, 3.8) is 0 Å². The summed E-state index contributed by atoms with van der Waals surface area (Å²) in [5, 5.41) is 7.78. The number of hydrogen-bond acceptors (Lipinski definition) is 3. The lowest BCUT2D eigenvalue weighted by molar-refractivity contribution is 0.293. The van der Waals surface area contributed by atoms with Gasteiger partial charge < -0.3 is 10.2 Å². The Morgan fingerprint density at radius 3 is 2.91 bits per heavy atom. The van der Waals surface area contributed by atoms with Gasteiger partial charge in [0.15, 0.2) is 5.96 Å². The van der Waals surface area contributed by atoms with E-state index in [9.17, 15) is 0 Å². The first kappa shape index (κ1) is 16.7. The predicted molar refractivity (Wildman–Crippen MR) is 98.1 cm³/mol. The van der Waals surface area contributed by atoms with Gasteiger partial charge in [0.25, 0.3) is 0 Å². The Hall–Kier alpha value is -1.17. The summed E-state index contributed by atoms with van der Waals surface area (Å²) in [5.74, 6) is 2.29. The van der Waals surface area contributed by atoms with Gasteiger partial charge in [-0.25, -0.2) is 0 Å². The fraction of sp³-hybridized carbons (Fsp3) is 0.765. The van der Waals surface area contributed by atoms with Crippen LogP contribution in [0.25, 0.3) is 0 Å². The molecule has 6 heteroatoms. The van der Waals surface area contributed by atoms with Gasteiger partial charge in [0.2, 0.25) is 0 Å². The lowest BCUT2D eigenvalue weighted by Crippen LogP contribution is -2.53. The Morgan fingerprint density at radius 1 is 1.39 bits per heavy atom. The van der Waals surface area contributed by atoms with E-state index in [1.165, 1.54) is 43.4 Å². The third kappa shape index (κ3) is 4.22. The van der Waals surface area contributed by atoms with Crippen LogP contribution in [0.5, 0.6) is 0 Å². The molecule has 1 N–H and O–H groups in total. The predicted octanol–water partition coefficient (Wildman–Crippen LogP) is 2.29. The molecule has 2 aliphatic rings. The summed E-state index contributed by atoms with van der Waals surface area (Å²) in [5.41, 5.74) is 1.27. The highest BCUT2D eigenvalue weighted by molar-refractivity contribution is 8.00. The first-order chi connectivity index (χ1) is 11.2. The van der Waals surface area contributed by atoms with E-state index >= 15 is 0 Å². The van der Waals surface area contributed by atoms with Crippen molar-refractivity contribution >= 4 is 17.7 Å². The van der Waals surface area contributed by atoms with Gasteiger partial charge in [-0.05, 0) is 24.8 Å². The van der Waals surface area contributed by atoms with Crippen LogP contribution in [0.2, 0.25) is 0 Å². The number of nitrogens with zero attached hydrogens (tertiary/aromatic N) is 4. The van der Waals surface area contributed by atoms with Gasteiger partial charge in [-0.15, -0.1) is 0 Å². The second-order valence-electron chi connectivity index (χ2n) is 6.76. The van der Waals surface area contributed by atoms with Crippen LogP contribution in [0, 0.1) is 0 Å². The van der Waals surface area contributed by atoms with E-state index in [1.54, 1.807) is 0 Å². The van der Waals surface area contributed by atoms with Crippen molar-refractivity contribution in [1.29, 1.82) is 0 Å². The molecule has 3 rings (SSSR count). The van der Waals surface area contributed by atoms with Gasteiger partial charge >= 0.3 is 0 Å². The SMILES string of the molecule is CN=C(NCCc1cnn(C)c1)N1CCSC2(CCCCC2)C1. The first-order valence-electron chi connectivity index (χ1n) is 8.78. The Balaban J connectivity index is 1.53. The third-order valence-corrected chi connectivity index (χ3v) is 6.52. The molecule has 0 radical (unpaired) electrons. The Labute approximate surface area is 143 Å². The Morgan fingerprint density at radius 2 is 2.22 bits per heavy atom. The number of rotatable bonds is 3. The number of nitrogens with one attached hydrogen (secondary N) is 1. The van der Waals surface area contributed by atoms with Crippen molar-refractivity contribution in [2.75, 3.05) is 32.4 Å². The van der Waals surface area contributed by atoms with E-state index in [2.05, 4.69) is 38.3 Å². The molecule has 0 atom stereocenters. The number of hydrogen-bond donors (Lipinski definition) is 1. The van der Waals surface area contributed by atoms with Crippen molar-refractivity contribution < 1.29 is 0 Å². The Kier molecular flexibility index (Phi) is 5.51. The largest absolute Gasteiger partial charge is 0.356 e. The maximum absolute atomic E-state index is 4.53. The minimum absolute atomic E-state index is 0.484. The molecule has 0 bridgehead atoms. The maximum atomic E-state index is 4.53. The van der Waals surface area contributed by atoms with Gasteiger partial charge in [-0.1, -0.05) is 19.3 Å². The zero-order valence-electron chi connectivity index (χ0n) is 14.4. The van der Waals surface area contributed by atoms with E-state index in [1.807, 2.05) is 25.0 Å². The van der Waals surface area contributed by atoms with Crippen LogP contribution in [0.1, 0.15) is 37.7 Å². The van der Waals surface area contributed by atoms with Crippen LogP contribution < -0.4 is 5.32 Å². The van der Waals surface area contributed by atoms with E-state index < -0.39 is 0 Å². The van der Waals surface area contributed by atoms with Crippen LogP contribution in [-0.4, -0.2) is 57.8 Å². The summed E-state index contributed by atoms with van der Waals surface area (Å²) in [6, 6.07) is 0. The smallest absolute Gasteiger partial charge is 0.193 e. The summed E-state index contributed by atoms with van der Waals surface area (Å²) >= 11 is 2.21. The van der Waals surface area contributed by atoms with Gasteiger partial charge in [0, 0.05) is 50.4 Å². The summed E-state index contributed by atoms with van der Waals surface area (Å²) < 4.78 is 2.34. The molecule has 1 aromatic heterocycles. The summed E-state index contributed by atoms with van der Waals surface area (Å²) in [4.78, 5) is 7.00. The lowest BCUT2D eigenvalue weighted by Gasteiger charge is -2.45. The lowest BCUT2D eigenvalue weighted by atomic mass is 9.87. The molecule has 1 aromatic rings. The van der Waals surface area contributed by atoms with Crippen molar-refractivity contribution in [3.05, 3.63) is 18.0 Å². The summed E-state index contributed by atoms with van der Waals surface area (Å²) in [6.07, 6.45) is 12.0. The van der Waals surface area contributed by atoms with Gasteiger partial charge in [-0.2, -0.15) is 16.9 Å². The second kappa shape index (κ2) is 7.60. The molecule has 2 heterocycles. The van der Waals surface area contributed by atoms with Crippen molar-refractivity contribution in [2.24, 2.45) is 12.0 Å². The van der Waals surface area contributed by atoms with Crippen LogP contribution >= 0.6 is 11.8 Å². The highest BCUT2D eigenvalue weighted by Crippen LogP contribution is 2.42. The third-order valence-electron chi connectivity index (χ3n) is 4.98. The van der Waals surface area contributed by atoms with Crippen molar-refractivity contribution in [3.8, 4) is 0 Å². The van der Waals surface area contributed by atoms with E-state index in [0.29, 0.717) is 4.75 Å². The molecule has 5 nitrogen and oxygen atoms in total. The molecule has 1 spiro atoms. The molecule has 0 amide bonds. The Bertz CT molecular complexity index is 527. The molecule has 1 aliphatic heterocycles. The molecule has 1 saturated heterocycles. The molecule has 1 aliphatic carbocycles. The molecular weight excluding hydrogens is 306 g/mol. The van der Waals surface area contributed by atoms with Crippen LogP contribution in [0.15, 0.2) is 17.4 Å². The molecule has 1 saturated carbocycles. The number of aromatic nitrogens is 2. The number of guanidine groups is 1. The summed E-state index contributed by atoms with van der Waals surface area (Å²) in [6.45, 7) is 3.18. The van der Waals surface area contributed by atoms with Crippen LogP contribution in [0.3, 0.4) is 0 Å². The zero-order valence-corrected chi connectivity index (χ0v) is 15.2. The average Bonchev–Trinajstić information content (AvgIpc) is 2.98. The molecule has 0 unspecified atom stereocenters. The van der Waals surface area contributed by atoms with E-state index in [0.717, 1.165) is 32.0 Å². The molecular formula is C17H29N5S. The quantitative estimate of drug-likeness (QED) is 0.680. The average molecular weight is 336 g/mol. The molecule has 23 heavy (non-hydrogen) atoms. The maximum Gasteiger partial charge on any atom is 0.193 e. The minimum atomic E-state index is 0.484. The highest BCUT2D eigenvalue weighted by atomic mass is 32.2. The zero-order chi connectivity index (χ0) is 16.1. The van der Waals surface area contributed by atoms with Crippen molar-refractivity contribution in [2.45, 2.75) is 43.3 Å². The van der Waals surface area contributed by atoms with Gasteiger partial charge in [0.05, 0.1) is 6.20 Å². The second-order valence-corrected chi connectivity index (χ2v) is 8.32. The van der Waals surface area contributed by atoms with Gasteiger partial charge in [0.1, 0.15) is 0 Å². The topological polar surface area (TPSA) is 45.5 Å². The number of aliphatic imine (C=N–C) groups is 1. The molecule has 0 aromatic carbocycles. The fourth-order valence-electron chi connectivity index (χ4n) is 3.78. The highest BCUT2D eigenvalue weighted by Gasteiger charge is 2.38.